The summed E-state index contributed by atoms with van der Waals surface area (Å²) in [6, 6.07) is 7.62. The second kappa shape index (κ2) is 6.65. The van der Waals surface area contributed by atoms with E-state index in [4.69, 9.17) is 0 Å². The summed E-state index contributed by atoms with van der Waals surface area (Å²) in [4.78, 5) is 13.8. The standard InChI is InChI=1S/C14H18N6O/c1-10(14-16-18-19-17-14)15-13(21)9-6-11-4-7-12(8-5-11)20(2)3/h4-10H,1-3H3,(H,15,21)(H,16,17,18,19). The smallest absolute Gasteiger partial charge is 0.244 e. The first-order chi connectivity index (χ1) is 10.1. The van der Waals surface area contributed by atoms with Crippen LogP contribution >= 0.6 is 0 Å². The Labute approximate surface area is 123 Å². The van der Waals surface area contributed by atoms with Gasteiger partial charge in [-0.15, -0.1) is 10.2 Å². The highest BCUT2D eigenvalue weighted by molar-refractivity contribution is 5.91. The Bertz CT molecular complexity index is 603. The summed E-state index contributed by atoms with van der Waals surface area (Å²) >= 11 is 0. The van der Waals surface area contributed by atoms with Gasteiger partial charge in [-0.3, -0.25) is 4.79 Å². The van der Waals surface area contributed by atoms with Crippen LogP contribution in [0.3, 0.4) is 0 Å². The van der Waals surface area contributed by atoms with Crippen molar-refractivity contribution in [2.45, 2.75) is 13.0 Å². The maximum Gasteiger partial charge on any atom is 0.244 e. The van der Waals surface area contributed by atoms with Crippen molar-refractivity contribution in [1.29, 1.82) is 0 Å². The van der Waals surface area contributed by atoms with Gasteiger partial charge < -0.3 is 10.2 Å². The fourth-order valence-electron chi connectivity index (χ4n) is 1.73. The van der Waals surface area contributed by atoms with Gasteiger partial charge in [-0.2, -0.15) is 5.21 Å². The quantitative estimate of drug-likeness (QED) is 0.805. The molecule has 0 radical (unpaired) electrons. The van der Waals surface area contributed by atoms with Gasteiger partial charge in [0.2, 0.25) is 5.91 Å². The largest absolute Gasteiger partial charge is 0.378 e. The molecular formula is C14H18N6O. The van der Waals surface area contributed by atoms with Gasteiger partial charge in [-0.25, -0.2) is 0 Å². The SMILES string of the molecule is CC(NC(=O)C=Cc1ccc(N(C)C)cc1)c1nn[nH]n1. The topological polar surface area (TPSA) is 86.8 Å². The number of rotatable bonds is 5. The Morgan fingerprint density at radius 1 is 1.33 bits per heavy atom. The lowest BCUT2D eigenvalue weighted by Crippen LogP contribution is -2.25. The summed E-state index contributed by atoms with van der Waals surface area (Å²) in [6.07, 6.45) is 3.25. The molecule has 1 atom stereocenters. The molecule has 0 saturated heterocycles. The van der Waals surface area contributed by atoms with E-state index in [0.717, 1.165) is 11.3 Å². The lowest BCUT2D eigenvalue weighted by atomic mass is 10.2. The average molecular weight is 286 g/mol. The van der Waals surface area contributed by atoms with Crippen LogP contribution in [0.25, 0.3) is 6.08 Å². The monoisotopic (exact) mass is 286 g/mol. The molecule has 1 amide bonds. The van der Waals surface area contributed by atoms with Crippen molar-refractivity contribution in [3.63, 3.8) is 0 Å². The molecule has 0 fully saturated rings. The minimum atomic E-state index is -0.294. The van der Waals surface area contributed by atoms with Gasteiger partial charge in [0, 0.05) is 25.9 Å². The number of aromatic amines is 1. The van der Waals surface area contributed by atoms with Gasteiger partial charge >= 0.3 is 0 Å². The van der Waals surface area contributed by atoms with Crippen LogP contribution in [0.2, 0.25) is 0 Å². The van der Waals surface area contributed by atoms with E-state index < -0.39 is 0 Å². The summed E-state index contributed by atoms with van der Waals surface area (Å²) in [7, 11) is 3.97. The van der Waals surface area contributed by atoms with Crippen LogP contribution in [0.4, 0.5) is 5.69 Å². The maximum atomic E-state index is 11.8. The van der Waals surface area contributed by atoms with Crippen LogP contribution in [0.5, 0.6) is 0 Å². The molecule has 110 valence electrons. The third-order valence-electron chi connectivity index (χ3n) is 2.94. The fourth-order valence-corrected chi connectivity index (χ4v) is 1.73. The van der Waals surface area contributed by atoms with Crippen molar-refractivity contribution in [1.82, 2.24) is 25.9 Å². The molecule has 2 N–H and O–H groups in total. The van der Waals surface area contributed by atoms with Crippen LogP contribution in [0.15, 0.2) is 30.3 Å². The second-order valence-electron chi connectivity index (χ2n) is 4.82. The first-order valence-electron chi connectivity index (χ1n) is 6.55. The molecule has 1 unspecified atom stereocenters. The summed E-state index contributed by atoms with van der Waals surface area (Å²) in [5.41, 5.74) is 2.07. The first kappa shape index (κ1) is 14.7. The minimum absolute atomic E-state index is 0.205. The normalized spacial score (nSPS) is 12.3. The zero-order valence-electron chi connectivity index (χ0n) is 12.2. The molecule has 2 rings (SSSR count). The van der Waals surface area contributed by atoms with Crippen LogP contribution < -0.4 is 10.2 Å². The third-order valence-corrected chi connectivity index (χ3v) is 2.94. The van der Waals surface area contributed by atoms with E-state index >= 15 is 0 Å². The molecule has 0 bridgehead atoms. The highest BCUT2D eigenvalue weighted by atomic mass is 16.1. The Morgan fingerprint density at radius 3 is 2.62 bits per heavy atom. The first-order valence-corrected chi connectivity index (χ1v) is 6.55. The lowest BCUT2D eigenvalue weighted by molar-refractivity contribution is -0.117. The van der Waals surface area contributed by atoms with Crippen molar-refractivity contribution >= 4 is 17.7 Å². The number of benzene rings is 1. The number of carbonyl (C=O) groups is 1. The van der Waals surface area contributed by atoms with E-state index in [1.54, 1.807) is 13.0 Å². The van der Waals surface area contributed by atoms with E-state index in [1.807, 2.05) is 43.3 Å². The predicted molar refractivity (Wildman–Crippen MR) is 80.5 cm³/mol. The van der Waals surface area contributed by atoms with E-state index in [-0.39, 0.29) is 11.9 Å². The highest BCUT2D eigenvalue weighted by Crippen LogP contribution is 2.13. The van der Waals surface area contributed by atoms with Crippen molar-refractivity contribution in [3.8, 4) is 0 Å². The van der Waals surface area contributed by atoms with Crippen molar-refractivity contribution in [2.75, 3.05) is 19.0 Å². The molecule has 21 heavy (non-hydrogen) atoms. The van der Waals surface area contributed by atoms with Gasteiger partial charge in [0.1, 0.15) is 0 Å². The number of H-pyrrole nitrogens is 1. The molecule has 0 spiro atoms. The molecule has 1 aromatic heterocycles. The number of aromatic nitrogens is 4. The highest BCUT2D eigenvalue weighted by Gasteiger charge is 2.11. The molecule has 0 aliphatic carbocycles. The fraction of sp³-hybridized carbons (Fsp3) is 0.286. The molecule has 0 aliphatic rings. The Hall–Kier alpha value is -2.70. The molecule has 0 aliphatic heterocycles. The van der Waals surface area contributed by atoms with E-state index in [0.29, 0.717) is 5.82 Å². The van der Waals surface area contributed by atoms with Gasteiger partial charge in [-0.1, -0.05) is 17.3 Å². The third kappa shape index (κ3) is 4.13. The van der Waals surface area contributed by atoms with Crippen LogP contribution in [0, 0.1) is 0 Å². The Kier molecular flexibility index (Phi) is 4.65. The molecule has 7 heteroatoms. The minimum Gasteiger partial charge on any atom is -0.378 e. The number of hydrogen-bond donors (Lipinski definition) is 2. The number of hydrogen-bond acceptors (Lipinski definition) is 5. The number of anilines is 1. The Morgan fingerprint density at radius 2 is 2.05 bits per heavy atom. The van der Waals surface area contributed by atoms with Gasteiger partial charge in [0.15, 0.2) is 5.82 Å². The second-order valence-corrected chi connectivity index (χ2v) is 4.82. The zero-order valence-corrected chi connectivity index (χ0v) is 12.2. The molecule has 1 heterocycles. The van der Waals surface area contributed by atoms with Crippen molar-refractivity contribution in [3.05, 3.63) is 41.7 Å². The van der Waals surface area contributed by atoms with Crippen molar-refractivity contribution < 1.29 is 4.79 Å². The number of carbonyl (C=O) groups excluding carboxylic acids is 1. The summed E-state index contributed by atoms with van der Waals surface area (Å²) in [5, 5.41) is 16.2. The van der Waals surface area contributed by atoms with E-state index in [9.17, 15) is 4.79 Å². The van der Waals surface area contributed by atoms with Gasteiger partial charge in [0.05, 0.1) is 6.04 Å². The number of tetrazole rings is 1. The van der Waals surface area contributed by atoms with Crippen LogP contribution in [-0.4, -0.2) is 40.6 Å². The summed E-state index contributed by atoms with van der Waals surface area (Å²) in [5.74, 6) is 0.246. The molecule has 1 aromatic carbocycles. The van der Waals surface area contributed by atoms with Crippen LogP contribution in [0.1, 0.15) is 24.4 Å². The van der Waals surface area contributed by atoms with Crippen molar-refractivity contribution in [2.24, 2.45) is 0 Å². The van der Waals surface area contributed by atoms with E-state index in [1.165, 1.54) is 6.08 Å². The molecule has 0 saturated carbocycles. The van der Waals surface area contributed by atoms with Gasteiger partial charge in [0.25, 0.3) is 0 Å². The van der Waals surface area contributed by atoms with E-state index in [2.05, 4.69) is 25.9 Å². The zero-order chi connectivity index (χ0) is 15.2. The number of nitrogens with one attached hydrogen (secondary N) is 2. The van der Waals surface area contributed by atoms with Gasteiger partial charge in [-0.05, 0) is 30.7 Å². The average Bonchev–Trinajstić information content (AvgIpc) is 3.00. The number of amides is 1. The number of nitrogens with zero attached hydrogens (tertiary/aromatic N) is 4. The molecular weight excluding hydrogens is 268 g/mol. The summed E-state index contributed by atoms with van der Waals surface area (Å²) in [6.45, 7) is 1.79. The lowest BCUT2D eigenvalue weighted by Gasteiger charge is -2.11. The summed E-state index contributed by atoms with van der Waals surface area (Å²) < 4.78 is 0. The Balaban J connectivity index is 1.92. The maximum absolute atomic E-state index is 11.8. The van der Waals surface area contributed by atoms with Crippen LogP contribution in [-0.2, 0) is 4.79 Å². The molecule has 7 nitrogen and oxygen atoms in total. The predicted octanol–water partition coefficient (Wildman–Crippen LogP) is 1.16. The molecule has 2 aromatic rings.